The van der Waals surface area contributed by atoms with Crippen molar-refractivity contribution in [2.45, 2.75) is 52.3 Å². The van der Waals surface area contributed by atoms with Gasteiger partial charge in [-0.3, -0.25) is 9.10 Å². The van der Waals surface area contributed by atoms with Crippen molar-refractivity contribution in [3.05, 3.63) is 11.8 Å². The molecule has 0 fully saturated rings. The van der Waals surface area contributed by atoms with Gasteiger partial charge in [-0.1, -0.05) is 6.92 Å². The van der Waals surface area contributed by atoms with Crippen molar-refractivity contribution in [2.75, 3.05) is 6.61 Å². The predicted octanol–water partition coefficient (Wildman–Crippen LogP) is 1.80. The Morgan fingerprint density at radius 3 is 2.45 bits per heavy atom. The number of nitrogens with zero attached hydrogens (tertiary/aromatic N) is 1. The second-order valence-corrected chi connectivity index (χ2v) is 8.03. The Labute approximate surface area is 122 Å². The Hall–Kier alpha value is -1.17. The summed E-state index contributed by atoms with van der Waals surface area (Å²) in [5.41, 5.74) is 0.510. The van der Waals surface area contributed by atoms with Crippen molar-refractivity contribution in [1.82, 2.24) is 4.31 Å². The molecule has 0 spiro atoms. The highest BCUT2D eigenvalue weighted by Gasteiger charge is 2.43. The lowest BCUT2D eigenvalue weighted by Gasteiger charge is -2.38. The molecule has 1 unspecified atom stereocenters. The molecule has 0 bridgehead atoms. The van der Waals surface area contributed by atoms with E-state index < -0.39 is 33.7 Å². The average Bonchev–Trinajstić information content (AvgIpc) is 2.33. The Bertz CT molecular complexity index is 464. The molecule has 0 radical (unpaired) electrons. The monoisotopic (exact) mass is 301 g/mol. The average molecular weight is 301 g/mol. The minimum Gasteiger partial charge on any atom is -0.464 e. The van der Waals surface area contributed by atoms with Crippen molar-refractivity contribution >= 4 is 22.7 Å². The molecule has 0 N–H and O–H groups in total. The lowest BCUT2D eigenvalue weighted by Crippen LogP contribution is -2.52. The van der Waals surface area contributed by atoms with Crippen LogP contribution in [0.5, 0.6) is 0 Å². The minimum absolute atomic E-state index is 0.106. The summed E-state index contributed by atoms with van der Waals surface area (Å²) in [5.74, 6) is -1.18. The van der Waals surface area contributed by atoms with E-state index in [1.165, 1.54) is 10.5 Å². The summed E-state index contributed by atoms with van der Waals surface area (Å²) in [6.07, 6.45) is 1.52. The van der Waals surface area contributed by atoms with E-state index in [4.69, 9.17) is 4.74 Å². The van der Waals surface area contributed by atoms with Crippen LogP contribution in [0.3, 0.4) is 0 Å². The predicted molar refractivity (Wildman–Crippen MR) is 78.1 cm³/mol. The Morgan fingerprint density at radius 2 is 2.00 bits per heavy atom. The van der Waals surface area contributed by atoms with Crippen LogP contribution in [0.15, 0.2) is 11.8 Å². The van der Waals surface area contributed by atoms with E-state index in [0.29, 0.717) is 5.57 Å². The molecule has 0 saturated heterocycles. The largest absolute Gasteiger partial charge is 0.464 e. The van der Waals surface area contributed by atoms with Crippen molar-refractivity contribution in [2.24, 2.45) is 5.92 Å². The number of ether oxygens (including phenoxy) is 1. The fourth-order valence-electron chi connectivity index (χ4n) is 2.06. The van der Waals surface area contributed by atoms with E-state index in [0.717, 1.165) is 0 Å². The van der Waals surface area contributed by atoms with Crippen LogP contribution in [0.1, 0.15) is 41.5 Å². The van der Waals surface area contributed by atoms with Crippen LogP contribution in [0.4, 0.5) is 0 Å². The molecule has 1 heterocycles. The lowest BCUT2D eigenvalue weighted by molar-refractivity contribution is -0.150. The van der Waals surface area contributed by atoms with Crippen LogP contribution >= 0.6 is 0 Å². The van der Waals surface area contributed by atoms with Gasteiger partial charge in [-0.25, -0.2) is 9.00 Å². The number of carbonyl (C=O) groups excluding carboxylic acids is 2. The SMILES string of the molecule is CCOC(=O)[C@H]1[C@@H](C)C(=O)C(C)=CN1S(=O)C(C)(C)C. The fraction of sp³-hybridized carbons (Fsp3) is 0.714. The van der Waals surface area contributed by atoms with Gasteiger partial charge < -0.3 is 4.74 Å². The summed E-state index contributed by atoms with van der Waals surface area (Å²) in [6.45, 7) is 10.8. The third-order valence-corrected chi connectivity index (χ3v) is 4.88. The summed E-state index contributed by atoms with van der Waals surface area (Å²) in [4.78, 5) is 24.2. The second-order valence-electron chi connectivity index (χ2n) is 5.88. The van der Waals surface area contributed by atoms with Gasteiger partial charge in [0.15, 0.2) is 5.78 Å². The van der Waals surface area contributed by atoms with Gasteiger partial charge in [0.25, 0.3) is 0 Å². The van der Waals surface area contributed by atoms with Gasteiger partial charge in [0.2, 0.25) is 0 Å². The maximum Gasteiger partial charge on any atom is 0.330 e. The highest BCUT2D eigenvalue weighted by Crippen LogP contribution is 2.29. The highest BCUT2D eigenvalue weighted by atomic mass is 32.2. The Morgan fingerprint density at radius 1 is 1.45 bits per heavy atom. The topological polar surface area (TPSA) is 63.7 Å². The van der Waals surface area contributed by atoms with Gasteiger partial charge in [-0.05, 0) is 34.6 Å². The molecule has 3 atom stereocenters. The molecular weight excluding hydrogens is 278 g/mol. The molecule has 0 saturated carbocycles. The highest BCUT2D eigenvalue weighted by molar-refractivity contribution is 7.84. The standard InChI is InChI=1S/C14H23NO4S/c1-7-19-13(17)11-10(3)12(16)9(2)8-15(11)20(18)14(4,5)6/h8,10-11H,7H2,1-6H3/t10-,11-,20?/m1/s1. The summed E-state index contributed by atoms with van der Waals surface area (Å²) in [5, 5.41) is 0. The Kier molecular flexibility index (Phi) is 5.13. The van der Waals surface area contributed by atoms with Gasteiger partial charge in [0.1, 0.15) is 17.0 Å². The third-order valence-electron chi connectivity index (χ3n) is 3.11. The lowest BCUT2D eigenvalue weighted by atomic mass is 9.90. The first kappa shape index (κ1) is 16.9. The van der Waals surface area contributed by atoms with Crippen LogP contribution in [0.2, 0.25) is 0 Å². The summed E-state index contributed by atoms with van der Waals surface area (Å²) in [7, 11) is -1.43. The number of hydrogen-bond donors (Lipinski definition) is 0. The van der Waals surface area contributed by atoms with Crippen molar-refractivity contribution in [3.8, 4) is 0 Å². The number of hydrogen-bond acceptors (Lipinski definition) is 4. The minimum atomic E-state index is -1.43. The molecule has 0 aromatic heterocycles. The van der Waals surface area contributed by atoms with Crippen LogP contribution in [0.25, 0.3) is 0 Å². The maximum atomic E-state index is 12.6. The third kappa shape index (κ3) is 3.29. The van der Waals surface area contributed by atoms with Crippen LogP contribution in [-0.4, -0.2) is 37.7 Å². The molecule has 1 rings (SSSR count). The van der Waals surface area contributed by atoms with Crippen LogP contribution in [0, 0.1) is 5.92 Å². The van der Waals surface area contributed by atoms with E-state index in [1.807, 2.05) is 20.8 Å². The molecule has 1 aliphatic rings. The maximum absolute atomic E-state index is 12.6. The molecular formula is C14H23NO4S. The van der Waals surface area contributed by atoms with Gasteiger partial charge in [0, 0.05) is 11.8 Å². The van der Waals surface area contributed by atoms with Gasteiger partial charge in [0.05, 0.1) is 17.3 Å². The van der Waals surface area contributed by atoms with Crippen molar-refractivity contribution in [3.63, 3.8) is 0 Å². The quantitative estimate of drug-likeness (QED) is 0.746. The fourth-order valence-corrected chi connectivity index (χ4v) is 3.42. The summed E-state index contributed by atoms with van der Waals surface area (Å²) >= 11 is 0. The molecule has 0 aliphatic carbocycles. The molecule has 114 valence electrons. The van der Waals surface area contributed by atoms with Crippen molar-refractivity contribution in [1.29, 1.82) is 0 Å². The molecule has 6 heteroatoms. The van der Waals surface area contributed by atoms with Crippen LogP contribution in [-0.2, 0) is 25.3 Å². The van der Waals surface area contributed by atoms with Gasteiger partial charge in [-0.15, -0.1) is 0 Å². The first-order chi connectivity index (χ1) is 9.11. The van der Waals surface area contributed by atoms with E-state index in [1.54, 1.807) is 20.8 Å². The Balaban J connectivity index is 3.24. The van der Waals surface area contributed by atoms with Gasteiger partial charge >= 0.3 is 5.97 Å². The number of allylic oxidation sites excluding steroid dienone is 1. The number of ketones is 1. The normalized spacial score (nSPS) is 25.2. The molecule has 0 aromatic carbocycles. The molecule has 0 aromatic rings. The number of rotatable bonds is 3. The van der Waals surface area contributed by atoms with E-state index in [2.05, 4.69) is 0 Å². The number of esters is 1. The first-order valence-corrected chi connectivity index (χ1v) is 7.81. The second kappa shape index (κ2) is 6.08. The molecule has 0 amide bonds. The zero-order chi connectivity index (χ0) is 15.7. The zero-order valence-electron chi connectivity index (χ0n) is 12.9. The number of carbonyl (C=O) groups is 2. The van der Waals surface area contributed by atoms with Gasteiger partial charge in [-0.2, -0.15) is 0 Å². The summed E-state index contributed by atoms with van der Waals surface area (Å²) < 4.78 is 18.6. The smallest absolute Gasteiger partial charge is 0.330 e. The van der Waals surface area contributed by atoms with Crippen LogP contribution < -0.4 is 0 Å². The zero-order valence-corrected chi connectivity index (χ0v) is 13.7. The van der Waals surface area contributed by atoms with E-state index in [-0.39, 0.29) is 12.4 Å². The van der Waals surface area contributed by atoms with Crippen molar-refractivity contribution < 1.29 is 18.5 Å². The summed E-state index contributed by atoms with van der Waals surface area (Å²) in [6, 6.07) is -0.828. The number of Topliss-reactive ketones (excluding diaryl/α,β-unsaturated/α-hetero) is 1. The van der Waals surface area contributed by atoms with E-state index in [9.17, 15) is 13.8 Å². The molecule has 20 heavy (non-hydrogen) atoms. The van der Waals surface area contributed by atoms with E-state index >= 15 is 0 Å². The molecule has 5 nitrogen and oxygen atoms in total. The molecule has 1 aliphatic heterocycles. The first-order valence-electron chi connectivity index (χ1n) is 6.70.